The summed E-state index contributed by atoms with van der Waals surface area (Å²) in [4.78, 5) is 7.01. The van der Waals surface area contributed by atoms with Crippen LogP contribution in [0.1, 0.15) is 0 Å². The van der Waals surface area contributed by atoms with Crippen LogP contribution in [-0.2, 0) is 0 Å². The molecule has 0 aliphatic heterocycles. The van der Waals surface area contributed by atoms with Crippen molar-refractivity contribution >= 4 is 23.2 Å². The molecule has 0 aliphatic rings. The summed E-state index contributed by atoms with van der Waals surface area (Å²) in [5.41, 5.74) is 10.5. The topological polar surface area (TPSA) is 87.0 Å². The van der Waals surface area contributed by atoms with Crippen LogP contribution in [-0.4, -0.2) is 23.0 Å². The second-order valence-corrected chi connectivity index (χ2v) is 2.65. The summed E-state index contributed by atoms with van der Waals surface area (Å²) in [5.74, 6) is -0.420. The van der Waals surface area contributed by atoms with Gasteiger partial charge in [0.1, 0.15) is 5.69 Å². The first-order chi connectivity index (χ1) is 6.50. The number of ether oxygens (including phenoxy) is 1. The Hall–Kier alpha value is -1.37. The summed E-state index contributed by atoms with van der Waals surface area (Å²) < 4.78 is 28.1. The molecule has 0 aromatic carbocycles. The molecule has 5 nitrogen and oxygen atoms in total. The minimum absolute atomic E-state index is 0.110. The van der Waals surface area contributed by atoms with E-state index < -0.39 is 13.0 Å². The summed E-state index contributed by atoms with van der Waals surface area (Å²) in [6.45, 7) is -0.822. The SMILES string of the molecule is Nc1nc(Cl)c(N)c(OCC(F)F)n1. The summed E-state index contributed by atoms with van der Waals surface area (Å²) >= 11 is 5.51. The maximum atomic E-state index is 11.8. The van der Waals surface area contributed by atoms with Crippen molar-refractivity contribution in [2.45, 2.75) is 6.43 Å². The lowest BCUT2D eigenvalue weighted by Crippen LogP contribution is -2.11. The van der Waals surface area contributed by atoms with Crippen molar-refractivity contribution < 1.29 is 13.5 Å². The zero-order valence-electron chi connectivity index (χ0n) is 6.88. The Bertz CT molecular complexity index is 336. The molecule has 78 valence electrons. The molecule has 0 fully saturated rings. The van der Waals surface area contributed by atoms with E-state index in [2.05, 4.69) is 14.7 Å². The number of alkyl halides is 2. The van der Waals surface area contributed by atoms with E-state index >= 15 is 0 Å². The highest BCUT2D eigenvalue weighted by Gasteiger charge is 2.12. The molecule has 0 saturated carbocycles. The molecule has 0 amide bonds. The van der Waals surface area contributed by atoms with Crippen LogP contribution in [0.4, 0.5) is 20.4 Å². The van der Waals surface area contributed by atoms with E-state index in [-0.39, 0.29) is 22.7 Å². The lowest BCUT2D eigenvalue weighted by atomic mass is 10.5. The summed E-state index contributed by atoms with van der Waals surface area (Å²) in [6, 6.07) is 0. The highest BCUT2D eigenvalue weighted by atomic mass is 35.5. The number of halogens is 3. The number of hydrogen-bond acceptors (Lipinski definition) is 5. The average molecular weight is 225 g/mol. The van der Waals surface area contributed by atoms with E-state index in [1.807, 2.05) is 0 Å². The molecule has 0 aliphatic carbocycles. The van der Waals surface area contributed by atoms with Gasteiger partial charge in [-0.2, -0.15) is 9.97 Å². The van der Waals surface area contributed by atoms with Crippen LogP contribution in [0.2, 0.25) is 5.15 Å². The lowest BCUT2D eigenvalue weighted by molar-refractivity contribution is 0.0800. The third-order valence-electron chi connectivity index (χ3n) is 1.23. The van der Waals surface area contributed by atoms with Gasteiger partial charge in [0.15, 0.2) is 11.8 Å². The van der Waals surface area contributed by atoms with Gasteiger partial charge in [0.2, 0.25) is 11.8 Å². The van der Waals surface area contributed by atoms with Gasteiger partial charge < -0.3 is 16.2 Å². The monoisotopic (exact) mass is 224 g/mol. The number of hydrogen-bond donors (Lipinski definition) is 2. The number of aromatic nitrogens is 2. The Morgan fingerprint density at radius 1 is 1.36 bits per heavy atom. The summed E-state index contributed by atoms with van der Waals surface area (Å²) in [7, 11) is 0. The van der Waals surface area contributed by atoms with E-state index in [1.165, 1.54) is 0 Å². The highest BCUT2D eigenvalue weighted by Crippen LogP contribution is 2.26. The van der Waals surface area contributed by atoms with Crippen molar-refractivity contribution in [3.05, 3.63) is 5.15 Å². The van der Waals surface area contributed by atoms with Gasteiger partial charge in [-0.25, -0.2) is 8.78 Å². The molecular weight excluding hydrogens is 218 g/mol. The first-order valence-corrected chi connectivity index (χ1v) is 3.88. The maximum Gasteiger partial charge on any atom is 0.272 e. The first kappa shape index (κ1) is 10.7. The Labute approximate surface area is 83.0 Å². The van der Waals surface area contributed by atoms with Crippen LogP contribution < -0.4 is 16.2 Å². The van der Waals surface area contributed by atoms with E-state index in [1.54, 1.807) is 0 Å². The Balaban J connectivity index is 2.85. The molecule has 0 radical (unpaired) electrons. The normalized spacial score (nSPS) is 10.6. The van der Waals surface area contributed by atoms with Crippen molar-refractivity contribution in [3.63, 3.8) is 0 Å². The first-order valence-electron chi connectivity index (χ1n) is 3.50. The zero-order valence-corrected chi connectivity index (χ0v) is 7.63. The summed E-state index contributed by atoms with van der Waals surface area (Å²) in [5, 5.41) is -0.123. The second-order valence-electron chi connectivity index (χ2n) is 2.29. The van der Waals surface area contributed by atoms with E-state index in [4.69, 9.17) is 23.1 Å². The van der Waals surface area contributed by atoms with Gasteiger partial charge in [-0.1, -0.05) is 11.6 Å². The van der Waals surface area contributed by atoms with Gasteiger partial charge in [-0.3, -0.25) is 0 Å². The molecule has 0 unspecified atom stereocenters. The number of anilines is 2. The number of nitrogen functional groups attached to an aromatic ring is 2. The van der Waals surface area contributed by atoms with Crippen molar-refractivity contribution in [2.24, 2.45) is 0 Å². The van der Waals surface area contributed by atoms with Crippen LogP contribution in [0.15, 0.2) is 0 Å². The Morgan fingerprint density at radius 2 is 2.00 bits per heavy atom. The zero-order chi connectivity index (χ0) is 10.7. The van der Waals surface area contributed by atoms with Gasteiger partial charge in [-0.15, -0.1) is 0 Å². The molecule has 8 heteroatoms. The highest BCUT2D eigenvalue weighted by molar-refractivity contribution is 6.32. The molecule has 1 heterocycles. The van der Waals surface area contributed by atoms with Gasteiger partial charge >= 0.3 is 0 Å². The molecule has 0 spiro atoms. The minimum atomic E-state index is -2.62. The second kappa shape index (κ2) is 4.23. The van der Waals surface area contributed by atoms with Crippen molar-refractivity contribution in [1.82, 2.24) is 9.97 Å². The largest absolute Gasteiger partial charge is 0.470 e. The molecule has 0 bridgehead atoms. The van der Waals surface area contributed by atoms with Crippen LogP contribution in [0.5, 0.6) is 5.88 Å². The molecule has 1 aromatic rings. The Morgan fingerprint density at radius 3 is 2.57 bits per heavy atom. The maximum absolute atomic E-state index is 11.8. The fourth-order valence-corrected chi connectivity index (χ4v) is 0.858. The quantitative estimate of drug-likeness (QED) is 0.746. The van der Waals surface area contributed by atoms with Crippen LogP contribution in [0, 0.1) is 0 Å². The fraction of sp³-hybridized carbons (Fsp3) is 0.333. The molecule has 0 saturated heterocycles. The smallest absolute Gasteiger partial charge is 0.272 e. The molecule has 0 atom stereocenters. The van der Waals surface area contributed by atoms with Crippen LogP contribution in [0.3, 0.4) is 0 Å². The van der Waals surface area contributed by atoms with Gasteiger partial charge in [0.05, 0.1) is 0 Å². The molecule has 1 rings (SSSR count). The Kier molecular flexibility index (Phi) is 3.23. The molecule has 4 N–H and O–H groups in total. The van der Waals surface area contributed by atoms with E-state index in [9.17, 15) is 8.78 Å². The number of nitrogens with zero attached hydrogens (tertiary/aromatic N) is 2. The lowest BCUT2D eigenvalue weighted by Gasteiger charge is -2.07. The van der Waals surface area contributed by atoms with Crippen molar-refractivity contribution in [1.29, 1.82) is 0 Å². The third-order valence-corrected chi connectivity index (χ3v) is 1.52. The number of nitrogens with two attached hydrogens (primary N) is 2. The van der Waals surface area contributed by atoms with Crippen LogP contribution >= 0.6 is 11.6 Å². The van der Waals surface area contributed by atoms with Crippen molar-refractivity contribution in [3.8, 4) is 5.88 Å². The van der Waals surface area contributed by atoms with Gasteiger partial charge in [-0.05, 0) is 0 Å². The molecule has 14 heavy (non-hydrogen) atoms. The summed E-state index contributed by atoms with van der Waals surface area (Å²) in [6.07, 6.45) is -2.62. The molecular formula is C6H7ClF2N4O. The molecule has 1 aromatic heterocycles. The third kappa shape index (κ3) is 2.56. The number of rotatable bonds is 3. The predicted octanol–water partition coefficient (Wildman–Crippen LogP) is 0.938. The van der Waals surface area contributed by atoms with Crippen molar-refractivity contribution in [2.75, 3.05) is 18.1 Å². The fourth-order valence-electron chi connectivity index (χ4n) is 0.690. The van der Waals surface area contributed by atoms with Gasteiger partial charge in [0.25, 0.3) is 6.43 Å². The van der Waals surface area contributed by atoms with Crippen LogP contribution in [0.25, 0.3) is 0 Å². The van der Waals surface area contributed by atoms with Gasteiger partial charge in [0, 0.05) is 0 Å². The van der Waals surface area contributed by atoms with E-state index in [0.29, 0.717) is 0 Å². The minimum Gasteiger partial charge on any atom is -0.470 e. The van der Waals surface area contributed by atoms with E-state index in [0.717, 1.165) is 0 Å². The average Bonchev–Trinajstić information content (AvgIpc) is 2.08. The standard InChI is InChI=1S/C6H7ClF2N4O/c7-4-3(10)5(13-6(11)12-4)14-1-2(8)9/h2H,1,10H2,(H2,11,12,13). The predicted molar refractivity (Wildman–Crippen MR) is 47.4 cm³/mol.